The van der Waals surface area contributed by atoms with Gasteiger partial charge in [-0.3, -0.25) is 9.59 Å². The fraction of sp³-hybridized carbons (Fsp3) is 0.364. The van der Waals surface area contributed by atoms with Crippen molar-refractivity contribution in [3.63, 3.8) is 0 Å². The third-order valence-corrected chi connectivity index (χ3v) is 5.46. The summed E-state index contributed by atoms with van der Waals surface area (Å²) in [5, 5.41) is 6.05. The third-order valence-electron chi connectivity index (χ3n) is 4.93. The van der Waals surface area contributed by atoms with Crippen LogP contribution in [0, 0.1) is 0 Å². The van der Waals surface area contributed by atoms with Crippen LogP contribution >= 0.6 is 15.9 Å². The summed E-state index contributed by atoms with van der Waals surface area (Å²) in [6, 6.07) is 12.9. The SMILES string of the molecule is COc1ccc(C(=O)N2CCOCC2)cc1NCC(=O)NC(C)c1ccc(Br)cc1. The Bertz CT molecular complexity index is 882. The van der Waals surface area contributed by atoms with Crippen molar-refractivity contribution in [1.82, 2.24) is 10.2 Å². The molecule has 3 rings (SSSR count). The first-order valence-electron chi connectivity index (χ1n) is 9.81. The number of anilines is 1. The zero-order chi connectivity index (χ0) is 21.5. The monoisotopic (exact) mass is 475 g/mol. The number of hydrogen-bond donors (Lipinski definition) is 2. The Hall–Kier alpha value is -2.58. The minimum Gasteiger partial charge on any atom is -0.495 e. The molecule has 7 nitrogen and oxygen atoms in total. The standard InChI is InChI=1S/C22H26BrN3O4/c1-15(16-3-6-18(23)7-4-16)25-21(27)14-24-19-13-17(5-8-20(19)29-2)22(28)26-9-11-30-12-10-26/h3-8,13,15,24H,9-12,14H2,1-2H3,(H,25,27). The van der Waals surface area contributed by atoms with Gasteiger partial charge in [-0.15, -0.1) is 0 Å². The summed E-state index contributed by atoms with van der Waals surface area (Å²) in [6.45, 7) is 4.23. The normalized spacial score (nSPS) is 14.7. The van der Waals surface area contributed by atoms with Crippen LogP contribution in [0.2, 0.25) is 0 Å². The summed E-state index contributed by atoms with van der Waals surface area (Å²) in [4.78, 5) is 26.9. The number of methoxy groups -OCH3 is 1. The number of nitrogens with zero attached hydrogens (tertiary/aromatic N) is 1. The summed E-state index contributed by atoms with van der Waals surface area (Å²) in [5.74, 6) is 0.358. The Morgan fingerprint density at radius 1 is 1.17 bits per heavy atom. The molecule has 30 heavy (non-hydrogen) atoms. The summed E-state index contributed by atoms with van der Waals surface area (Å²) in [7, 11) is 1.56. The molecule has 0 bridgehead atoms. The van der Waals surface area contributed by atoms with Crippen molar-refractivity contribution >= 4 is 33.4 Å². The first kappa shape index (κ1) is 22.1. The highest BCUT2D eigenvalue weighted by molar-refractivity contribution is 9.10. The van der Waals surface area contributed by atoms with Gasteiger partial charge >= 0.3 is 0 Å². The van der Waals surface area contributed by atoms with Gasteiger partial charge in [-0.1, -0.05) is 28.1 Å². The average molecular weight is 476 g/mol. The molecule has 2 amide bonds. The van der Waals surface area contributed by atoms with Crippen molar-refractivity contribution in [1.29, 1.82) is 0 Å². The van der Waals surface area contributed by atoms with E-state index in [2.05, 4.69) is 26.6 Å². The van der Waals surface area contributed by atoms with Gasteiger partial charge in [-0.25, -0.2) is 0 Å². The number of carbonyl (C=O) groups excluding carboxylic acids is 2. The molecule has 0 radical (unpaired) electrons. The van der Waals surface area contributed by atoms with Crippen molar-refractivity contribution in [2.45, 2.75) is 13.0 Å². The molecule has 1 aliphatic rings. The van der Waals surface area contributed by atoms with Gasteiger partial charge in [0, 0.05) is 23.1 Å². The zero-order valence-corrected chi connectivity index (χ0v) is 18.7. The molecule has 1 aliphatic heterocycles. The molecular formula is C22H26BrN3O4. The fourth-order valence-electron chi connectivity index (χ4n) is 3.23. The van der Waals surface area contributed by atoms with Crippen LogP contribution in [-0.4, -0.2) is 56.7 Å². The van der Waals surface area contributed by atoms with E-state index in [0.717, 1.165) is 10.0 Å². The number of hydrogen-bond acceptors (Lipinski definition) is 5. The van der Waals surface area contributed by atoms with E-state index in [1.54, 1.807) is 30.2 Å². The van der Waals surface area contributed by atoms with Gasteiger partial charge in [0.05, 0.1) is 38.6 Å². The van der Waals surface area contributed by atoms with Crippen molar-refractivity contribution in [3.8, 4) is 5.75 Å². The van der Waals surface area contributed by atoms with Gasteiger partial charge < -0.3 is 25.0 Å². The van der Waals surface area contributed by atoms with Gasteiger partial charge in [0.2, 0.25) is 5.91 Å². The average Bonchev–Trinajstić information content (AvgIpc) is 2.78. The highest BCUT2D eigenvalue weighted by Gasteiger charge is 2.20. The molecule has 8 heteroatoms. The van der Waals surface area contributed by atoms with Crippen molar-refractivity contribution in [2.75, 3.05) is 45.3 Å². The highest BCUT2D eigenvalue weighted by atomic mass is 79.9. The lowest BCUT2D eigenvalue weighted by molar-refractivity contribution is -0.120. The van der Waals surface area contributed by atoms with E-state index in [-0.39, 0.29) is 24.4 Å². The lowest BCUT2D eigenvalue weighted by atomic mass is 10.1. The second-order valence-corrected chi connectivity index (χ2v) is 7.93. The van der Waals surface area contributed by atoms with Crippen molar-refractivity contribution < 1.29 is 19.1 Å². The van der Waals surface area contributed by atoms with Crippen LogP contribution in [-0.2, 0) is 9.53 Å². The molecule has 1 saturated heterocycles. The predicted octanol–water partition coefficient (Wildman–Crippen LogP) is 3.22. The van der Waals surface area contributed by atoms with E-state index in [1.165, 1.54) is 0 Å². The predicted molar refractivity (Wildman–Crippen MR) is 119 cm³/mol. The first-order chi connectivity index (χ1) is 14.5. The number of amides is 2. The number of carbonyl (C=O) groups is 2. The number of nitrogens with one attached hydrogen (secondary N) is 2. The molecule has 0 aromatic heterocycles. The molecule has 1 unspecified atom stereocenters. The maximum Gasteiger partial charge on any atom is 0.254 e. The Balaban J connectivity index is 1.62. The largest absolute Gasteiger partial charge is 0.495 e. The second kappa shape index (κ2) is 10.4. The molecule has 0 spiro atoms. The molecule has 1 fully saturated rings. The third kappa shape index (κ3) is 5.73. The molecule has 2 aromatic carbocycles. The van der Waals surface area contributed by atoms with Gasteiger partial charge in [0.25, 0.3) is 5.91 Å². The van der Waals surface area contributed by atoms with Crippen LogP contribution in [0.1, 0.15) is 28.9 Å². The van der Waals surface area contributed by atoms with Crippen molar-refractivity contribution in [3.05, 3.63) is 58.1 Å². The van der Waals surface area contributed by atoms with E-state index in [1.807, 2.05) is 31.2 Å². The summed E-state index contributed by atoms with van der Waals surface area (Å²) >= 11 is 3.41. The Morgan fingerprint density at radius 2 is 1.87 bits per heavy atom. The number of benzene rings is 2. The zero-order valence-electron chi connectivity index (χ0n) is 17.1. The molecule has 0 aliphatic carbocycles. The quantitative estimate of drug-likeness (QED) is 0.642. The number of morpholine rings is 1. The van der Waals surface area contributed by atoms with Gasteiger partial charge in [-0.2, -0.15) is 0 Å². The lowest BCUT2D eigenvalue weighted by Crippen LogP contribution is -2.40. The minimum atomic E-state index is -0.155. The summed E-state index contributed by atoms with van der Waals surface area (Å²) in [5.41, 5.74) is 2.16. The van der Waals surface area contributed by atoms with Crippen LogP contribution in [0.5, 0.6) is 5.75 Å². The summed E-state index contributed by atoms with van der Waals surface area (Å²) in [6.07, 6.45) is 0. The smallest absolute Gasteiger partial charge is 0.254 e. The number of rotatable bonds is 7. The molecule has 2 N–H and O–H groups in total. The van der Waals surface area contributed by atoms with E-state index in [4.69, 9.17) is 9.47 Å². The van der Waals surface area contributed by atoms with E-state index < -0.39 is 0 Å². The Labute approximate surface area is 184 Å². The molecule has 0 saturated carbocycles. The van der Waals surface area contributed by atoms with Crippen LogP contribution in [0.25, 0.3) is 0 Å². The summed E-state index contributed by atoms with van der Waals surface area (Å²) < 4.78 is 11.7. The lowest BCUT2D eigenvalue weighted by Gasteiger charge is -2.27. The molecule has 160 valence electrons. The van der Waals surface area contributed by atoms with Crippen molar-refractivity contribution in [2.24, 2.45) is 0 Å². The number of halogens is 1. The molecule has 2 aromatic rings. The number of ether oxygens (including phenoxy) is 2. The van der Waals surface area contributed by atoms with Gasteiger partial charge in [0.1, 0.15) is 5.75 Å². The molecular weight excluding hydrogens is 450 g/mol. The van der Waals surface area contributed by atoms with E-state index >= 15 is 0 Å². The van der Waals surface area contributed by atoms with Crippen LogP contribution in [0.15, 0.2) is 46.9 Å². The Morgan fingerprint density at radius 3 is 2.53 bits per heavy atom. The molecule has 1 atom stereocenters. The minimum absolute atomic E-state index is 0.0580. The van der Waals surface area contributed by atoms with E-state index in [0.29, 0.717) is 43.3 Å². The van der Waals surface area contributed by atoms with Crippen LogP contribution in [0.3, 0.4) is 0 Å². The maximum atomic E-state index is 12.7. The van der Waals surface area contributed by atoms with Crippen LogP contribution < -0.4 is 15.4 Å². The second-order valence-electron chi connectivity index (χ2n) is 7.01. The van der Waals surface area contributed by atoms with Crippen LogP contribution in [0.4, 0.5) is 5.69 Å². The van der Waals surface area contributed by atoms with Gasteiger partial charge in [0.15, 0.2) is 0 Å². The highest BCUT2D eigenvalue weighted by Crippen LogP contribution is 2.26. The van der Waals surface area contributed by atoms with E-state index in [9.17, 15) is 9.59 Å². The Kier molecular flexibility index (Phi) is 7.70. The molecule has 1 heterocycles. The first-order valence-corrected chi connectivity index (χ1v) is 10.6. The maximum absolute atomic E-state index is 12.7. The topological polar surface area (TPSA) is 79.9 Å². The van der Waals surface area contributed by atoms with Gasteiger partial charge in [-0.05, 0) is 42.8 Å². The fourth-order valence-corrected chi connectivity index (χ4v) is 3.50.